The second kappa shape index (κ2) is 5.28. The Morgan fingerprint density at radius 1 is 1.35 bits per heavy atom. The van der Waals surface area contributed by atoms with Crippen molar-refractivity contribution in [2.24, 2.45) is 0 Å². The van der Waals surface area contributed by atoms with Gasteiger partial charge in [-0.1, -0.05) is 6.07 Å². The summed E-state index contributed by atoms with van der Waals surface area (Å²) in [5.41, 5.74) is 1.63. The van der Waals surface area contributed by atoms with Crippen molar-refractivity contribution >= 4 is 11.6 Å². The Hall–Kier alpha value is -3.09. The van der Waals surface area contributed by atoms with Gasteiger partial charge in [0.1, 0.15) is 11.7 Å². The number of carbonyl (C=O) groups excluding carboxylic acids is 1. The molecule has 3 heterocycles. The van der Waals surface area contributed by atoms with E-state index in [-0.39, 0.29) is 6.79 Å². The normalized spacial score (nSPS) is 14.0. The fraction of sp³-hybridized carbons (Fsp3) is 0.188. The van der Waals surface area contributed by atoms with Crippen LogP contribution in [0, 0.1) is 0 Å². The van der Waals surface area contributed by atoms with E-state index in [0.717, 1.165) is 5.56 Å². The van der Waals surface area contributed by atoms with E-state index in [2.05, 4.69) is 10.1 Å². The third-order valence-corrected chi connectivity index (χ3v) is 3.65. The number of rotatable bonds is 3. The summed E-state index contributed by atoms with van der Waals surface area (Å²) in [6.07, 6.45) is 4.35. The zero-order valence-corrected chi connectivity index (χ0v) is 12.3. The molecule has 0 saturated heterocycles. The SMILES string of the molecule is C[C@@H](OC(=O)c1cnn2cccnc12)c1ccc2c(c1)OCO2. The van der Waals surface area contributed by atoms with Crippen LogP contribution in [0.5, 0.6) is 11.5 Å². The van der Waals surface area contributed by atoms with Crippen molar-refractivity contribution in [3.8, 4) is 11.5 Å². The lowest BCUT2D eigenvalue weighted by Gasteiger charge is -2.13. The molecule has 0 radical (unpaired) electrons. The summed E-state index contributed by atoms with van der Waals surface area (Å²) in [6.45, 7) is 2.01. The average molecular weight is 311 g/mol. The highest BCUT2D eigenvalue weighted by molar-refractivity contribution is 5.95. The molecule has 0 unspecified atom stereocenters. The number of aromatic nitrogens is 3. The first kappa shape index (κ1) is 13.6. The van der Waals surface area contributed by atoms with E-state index < -0.39 is 12.1 Å². The molecule has 4 rings (SSSR count). The third kappa shape index (κ3) is 2.36. The van der Waals surface area contributed by atoms with Crippen LogP contribution in [0.4, 0.5) is 0 Å². The second-order valence-electron chi connectivity index (χ2n) is 5.11. The van der Waals surface area contributed by atoms with Crippen LogP contribution in [0.1, 0.15) is 28.9 Å². The molecule has 23 heavy (non-hydrogen) atoms. The minimum atomic E-state index is -0.469. The van der Waals surface area contributed by atoms with Gasteiger partial charge in [-0.2, -0.15) is 5.10 Å². The van der Waals surface area contributed by atoms with E-state index in [1.807, 2.05) is 12.1 Å². The molecule has 1 aromatic carbocycles. The summed E-state index contributed by atoms with van der Waals surface area (Å²) in [7, 11) is 0. The number of fused-ring (bicyclic) bond motifs is 2. The lowest BCUT2D eigenvalue weighted by atomic mass is 10.1. The molecule has 0 amide bonds. The molecule has 1 aliphatic heterocycles. The molecule has 1 atom stereocenters. The van der Waals surface area contributed by atoms with E-state index in [0.29, 0.717) is 22.7 Å². The summed E-state index contributed by atoms with van der Waals surface area (Å²) in [5, 5.41) is 4.08. The zero-order valence-electron chi connectivity index (χ0n) is 12.3. The number of hydrogen-bond acceptors (Lipinski definition) is 6. The van der Waals surface area contributed by atoms with E-state index in [1.165, 1.54) is 10.7 Å². The van der Waals surface area contributed by atoms with Gasteiger partial charge in [0.15, 0.2) is 17.1 Å². The standard InChI is InChI=1S/C16H13N3O4/c1-10(11-3-4-13-14(7-11)22-9-21-13)23-16(20)12-8-18-19-6-2-5-17-15(12)19/h2-8,10H,9H2,1H3/t10-/m1/s1. The Morgan fingerprint density at radius 3 is 3.13 bits per heavy atom. The smallest absolute Gasteiger partial charge is 0.344 e. The second-order valence-corrected chi connectivity index (χ2v) is 5.11. The van der Waals surface area contributed by atoms with Gasteiger partial charge in [0.2, 0.25) is 6.79 Å². The first-order valence-corrected chi connectivity index (χ1v) is 7.11. The van der Waals surface area contributed by atoms with E-state index in [9.17, 15) is 4.79 Å². The summed E-state index contributed by atoms with van der Waals surface area (Å²) in [5.74, 6) is 0.881. The average Bonchev–Trinajstić information content (AvgIpc) is 3.20. The van der Waals surface area contributed by atoms with Gasteiger partial charge in [-0.3, -0.25) is 0 Å². The largest absolute Gasteiger partial charge is 0.454 e. The van der Waals surface area contributed by atoms with Gasteiger partial charge in [0.25, 0.3) is 0 Å². The van der Waals surface area contributed by atoms with Gasteiger partial charge in [-0.15, -0.1) is 0 Å². The number of nitrogens with zero attached hydrogens (tertiary/aromatic N) is 3. The number of benzene rings is 1. The van der Waals surface area contributed by atoms with Crippen LogP contribution in [0.25, 0.3) is 5.65 Å². The van der Waals surface area contributed by atoms with Crippen LogP contribution in [-0.4, -0.2) is 27.4 Å². The van der Waals surface area contributed by atoms with Crippen molar-refractivity contribution in [1.82, 2.24) is 14.6 Å². The van der Waals surface area contributed by atoms with Crippen molar-refractivity contribution in [3.63, 3.8) is 0 Å². The third-order valence-electron chi connectivity index (χ3n) is 3.65. The van der Waals surface area contributed by atoms with Crippen LogP contribution >= 0.6 is 0 Å². The molecule has 0 spiro atoms. The van der Waals surface area contributed by atoms with E-state index >= 15 is 0 Å². The quantitative estimate of drug-likeness (QED) is 0.691. The molecule has 0 saturated carbocycles. The predicted molar refractivity (Wildman–Crippen MR) is 79.4 cm³/mol. The van der Waals surface area contributed by atoms with E-state index in [4.69, 9.17) is 14.2 Å². The monoisotopic (exact) mass is 311 g/mol. The molecule has 0 fully saturated rings. The fourth-order valence-electron chi connectivity index (χ4n) is 2.43. The Bertz CT molecular complexity index is 890. The molecule has 1 aliphatic rings. The number of carbonyl (C=O) groups is 1. The molecule has 0 aliphatic carbocycles. The highest BCUT2D eigenvalue weighted by atomic mass is 16.7. The number of ether oxygens (including phenoxy) is 3. The van der Waals surface area contributed by atoms with Gasteiger partial charge in [0, 0.05) is 12.4 Å². The minimum absolute atomic E-state index is 0.209. The van der Waals surface area contributed by atoms with Crippen LogP contribution in [0.15, 0.2) is 42.9 Å². The molecule has 2 aromatic heterocycles. The van der Waals surface area contributed by atoms with Gasteiger partial charge in [-0.25, -0.2) is 14.3 Å². The maximum atomic E-state index is 12.4. The molecule has 3 aromatic rings. The van der Waals surface area contributed by atoms with Crippen LogP contribution in [0.3, 0.4) is 0 Å². The van der Waals surface area contributed by atoms with Crippen molar-refractivity contribution < 1.29 is 19.0 Å². The Kier molecular flexibility index (Phi) is 3.11. The Balaban J connectivity index is 1.56. The topological polar surface area (TPSA) is 75.0 Å². The summed E-state index contributed by atoms with van der Waals surface area (Å²) >= 11 is 0. The van der Waals surface area contributed by atoms with Crippen LogP contribution in [0.2, 0.25) is 0 Å². The van der Waals surface area contributed by atoms with Crippen LogP contribution in [-0.2, 0) is 4.74 Å². The maximum Gasteiger partial charge on any atom is 0.344 e. The van der Waals surface area contributed by atoms with Gasteiger partial charge >= 0.3 is 5.97 Å². The summed E-state index contributed by atoms with van der Waals surface area (Å²) < 4.78 is 17.7. The fourth-order valence-corrected chi connectivity index (χ4v) is 2.43. The zero-order chi connectivity index (χ0) is 15.8. The lowest BCUT2D eigenvalue weighted by molar-refractivity contribution is 0.0339. The molecule has 0 N–H and O–H groups in total. The Morgan fingerprint density at radius 2 is 2.22 bits per heavy atom. The van der Waals surface area contributed by atoms with Crippen molar-refractivity contribution in [3.05, 3.63) is 54.0 Å². The minimum Gasteiger partial charge on any atom is -0.454 e. The summed E-state index contributed by atoms with van der Waals surface area (Å²) in [4.78, 5) is 16.5. The Labute approximate surface area is 131 Å². The highest BCUT2D eigenvalue weighted by Crippen LogP contribution is 2.35. The van der Waals surface area contributed by atoms with Gasteiger partial charge < -0.3 is 14.2 Å². The molecular weight excluding hydrogens is 298 g/mol. The van der Waals surface area contributed by atoms with Crippen LogP contribution < -0.4 is 9.47 Å². The number of hydrogen-bond donors (Lipinski definition) is 0. The molecule has 7 heteroatoms. The number of esters is 1. The maximum absolute atomic E-state index is 12.4. The first-order chi connectivity index (χ1) is 11.2. The summed E-state index contributed by atoms with van der Waals surface area (Å²) in [6, 6.07) is 7.21. The first-order valence-electron chi connectivity index (χ1n) is 7.11. The molecular formula is C16H13N3O4. The van der Waals surface area contributed by atoms with Gasteiger partial charge in [0.05, 0.1) is 6.20 Å². The molecule has 116 valence electrons. The molecule has 0 bridgehead atoms. The lowest BCUT2D eigenvalue weighted by Crippen LogP contribution is -2.09. The highest BCUT2D eigenvalue weighted by Gasteiger charge is 2.21. The van der Waals surface area contributed by atoms with Crippen molar-refractivity contribution in [2.75, 3.05) is 6.79 Å². The van der Waals surface area contributed by atoms with E-state index in [1.54, 1.807) is 31.5 Å². The van der Waals surface area contributed by atoms with Crippen molar-refractivity contribution in [2.45, 2.75) is 13.0 Å². The van der Waals surface area contributed by atoms with Gasteiger partial charge in [-0.05, 0) is 30.7 Å². The van der Waals surface area contributed by atoms with Crippen molar-refractivity contribution in [1.29, 1.82) is 0 Å². The molecule has 7 nitrogen and oxygen atoms in total. The predicted octanol–water partition coefficient (Wildman–Crippen LogP) is 2.38.